The van der Waals surface area contributed by atoms with Crippen LogP contribution in [0.4, 0.5) is 8.78 Å². The first kappa shape index (κ1) is 9.39. The summed E-state index contributed by atoms with van der Waals surface area (Å²) in [6.45, 7) is 1.53. The minimum Gasteiger partial charge on any atom is -0.326 e. The second kappa shape index (κ2) is 3.35. The van der Waals surface area contributed by atoms with E-state index in [9.17, 15) is 13.6 Å². The lowest BCUT2D eigenvalue weighted by atomic mass is 10.1. The first-order chi connectivity index (χ1) is 6.06. The molecule has 0 aliphatic rings. The van der Waals surface area contributed by atoms with E-state index in [1.54, 1.807) is 6.07 Å². The minimum atomic E-state index is -2.92. The molecule has 1 aromatic heterocycles. The summed E-state index contributed by atoms with van der Waals surface area (Å²) in [5.41, 5.74) is -1.53. The van der Waals surface area contributed by atoms with Crippen molar-refractivity contribution < 1.29 is 8.78 Å². The van der Waals surface area contributed by atoms with Crippen LogP contribution in [-0.4, -0.2) is 4.98 Å². The maximum absolute atomic E-state index is 12.2. The number of halogens is 2. The lowest BCUT2D eigenvalue weighted by Crippen LogP contribution is -2.16. The fraction of sp³-hybridized carbons (Fsp3) is 0.250. The molecule has 1 rings (SSSR count). The van der Waals surface area contributed by atoms with E-state index in [-0.39, 0.29) is 5.56 Å². The van der Waals surface area contributed by atoms with Crippen LogP contribution >= 0.6 is 0 Å². The summed E-state index contributed by atoms with van der Waals surface area (Å²) in [4.78, 5) is 13.2. The molecule has 0 spiro atoms. The van der Waals surface area contributed by atoms with Crippen LogP contribution in [0.25, 0.3) is 0 Å². The van der Waals surface area contributed by atoms with Crippen molar-refractivity contribution in [2.24, 2.45) is 0 Å². The van der Waals surface area contributed by atoms with Crippen LogP contribution in [-0.2, 0) is 0 Å². The van der Waals surface area contributed by atoms with Gasteiger partial charge >= 0.3 is 0 Å². The van der Waals surface area contributed by atoms with Gasteiger partial charge in [0.2, 0.25) is 0 Å². The zero-order valence-electron chi connectivity index (χ0n) is 6.77. The van der Waals surface area contributed by atoms with Crippen LogP contribution in [0.5, 0.6) is 0 Å². The van der Waals surface area contributed by atoms with Crippen LogP contribution in [0.3, 0.4) is 0 Å². The summed E-state index contributed by atoms with van der Waals surface area (Å²) in [5.74, 6) is 0. The van der Waals surface area contributed by atoms with Crippen molar-refractivity contribution >= 4 is 0 Å². The number of aryl methyl sites for hydroxylation is 1. The van der Waals surface area contributed by atoms with E-state index in [2.05, 4.69) is 4.98 Å². The molecule has 0 atom stereocenters. The zero-order valence-corrected chi connectivity index (χ0v) is 6.77. The average molecular weight is 184 g/mol. The zero-order chi connectivity index (χ0) is 10.0. The van der Waals surface area contributed by atoms with Gasteiger partial charge in [-0.2, -0.15) is 5.26 Å². The number of nitrogens with one attached hydrogen (secondary N) is 1. The van der Waals surface area contributed by atoms with E-state index < -0.39 is 17.5 Å². The summed E-state index contributed by atoms with van der Waals surface area (Å²) in [6.07, 6.45) is -2.92. The number of hydrogen-bond acceptors (Lipinski definition) is 2. The molecule has 0 saturated carbocycles. The molecule has 0 aliphatic carbocycles. The van der Waals surface area contributed by atoms with Gasteiger partial charge < -0.3 is 4.98 Å². The van der Waals surface area contributed by atoms with Crippen LogP contribution in [0.2, 0.25) is 0 Å². The van der Waals surface area contributed by atoms with Crippen molar-refractivity contribution in [3.63, 3.8) is 0 Å². The van der Waals surface area contributed by atoms with Crippen molar-refractivity contribution in [2.45, 2.75) is 13.3 Å². The summed E-state index contributed by atoms with van der Waals surface area (Å²) in [7, 11) is 0. The molecule has 0 amide bonds. The molecule has 13 heavy (non-hydrogen) atoms. The van der Waals surface area contributed by atoms with E-state index in [1.807, 2.05) is 0 Å². The quantitative estimate of drug-likeness (QED) is 0.718. The molecule has 1 N–H and O–H groups in total. The fourth-order valence-corrected chi connectivity index (χ4v) is 1.01. The second-order valence-corrected chi connectivity index (χ2v) is 2.52. The maximum atomic E-state index is 12.2. The third-order valence-electron chi connectivity index (χ3n) is 1.55. The first-order valence-corrected chi connectivity index (χ1v) is 3.48. The standard InChI is InChI=1S/C8H6F2N2O/c1-4-2-5(3-11)6(7(9)10)8(13)12-4/h2,7H,1H3,(H,12,13). The van der Waals surface area contributed by atoms with Crippen LogP contribution in [0, 0.1) is 18.3 Å². The monoisotopic (exact) mass is 184 g/mol. The molecule has 0 fully saturated rings. The maximum Gasteiger partial charge on any atom is 0.270 e. The van der Waals surface area contributed by atoms with Crippen molar-refractivity contribution in [3.05, 3.63) is 33.2 Å². The third kappa shape index (κ3) is 1.72. The highest BCUT2D eigenvalue weighted by Crippen LogP contribution is 2.18. The van der Waals surface area contributed by atoms with E-state index in [1.165, 1.54) is 13.0 Å². The van der Waals surface area contributed by atoms with Crippen LogP contribution in [0.1, 0.15) is 23.2 Å². The Morgan fingerprint density at radius 2 is 2.23 bits per heavy atom. The fourth-order valence-electron chi connectivity index (χ4n) is 1.01. The molecule has 1 heterocycles. The Morgan fingerprint density at radius 3 is 2.69 bits per heavy atom. The van der Waals surface area contributed by atoms with Gasteiger partial charge in [0, 0.05) is 5.69 Å². The Morgan fingerprint density at radius 1 is 1.62 bits per heavy atom. The number of nitriles is 1. The normalized spacial score (nSPS) is 10.1. The number of hydrogen-bond donors (Lipinski definition) is 1. The van der Waals surface area contributed by atoms with Gasteiger partial charge in [0.15, 0.2) is 0 Å². The van der Waals surface area contributed by atoms with Gasteiger partial charge in [-0.05, 0) is 13.0 Å². The number of aromatic nitrogens is 1. The Labute approximate surface area is 72.6 Å². The molecule has 0 bridgehead atoms. The molecule has 0 saturated heterocycles. The Kier molecular flexibility index (Phi) is 2.42. The molecule has 68 valence electrons. The highest BCUT2D eigenvalue weighted by atomic mass is 19.3. The minimum absolute atomic E-state index is 0.267. The summed E-state index contributed by atoms with van der Waals surface area (Å²) in [5, 5.41) is 8.48. The predicted octanol–water partition coefficient (Wildman–Crippen LogP) is 1.49. The van der Waals surface area contributed by atoms with Crippen molar-refractivity contribution in [1.82, 2.24) is 4.98 Å². The molecule has 0 radical (unpaired) electrons. The SMILES string of the molecule is Cc1cc(C#N)c(C(F)F)c(=O)[nH]1. The molecule has 3 nitrogen and oxygen atoms in total. The lowest BCUT2D eigenvalue weighted by molar-refractivity contribution is 0.149. The van der Waals surface area contributed by atoms with Gasteiger partial charge in [0.25, 0.3) is 12.0 Å². The number of rotatable bonds is 1. The predicted molar refractivity (Wildman–Crippen MR) is 41.5 cm³/mol. The van der Waals surface area contributed by atoms with E-state index in [4.69, 9.17) is 5.26 Å². The van der Waals surface area contributed by atoms with Gasteiger partial charge in [-0.25, -0.2) is 8.78 Å². The number of H-pyrrole nitrogens is 1. The number of alkyl halides is 2. The van der Waals surface area contributed by atoms with Crippen LogP contribution in [0.15, 0.2) is 10.9 Å². The highest BCUT2D eigenvalue weighted by Gasteiger charge is 2.17. The molecule has 1 aromatic rings. The van der Waals surface area contributed by atoms with Gasteiger partial charge in [-0.3, -0.25) is 4.79 Å². The van der Waals surface area contributed by atoms with E-state index in [0.29, 0.717) is 5.69 Å². The van der Waals surface area contributed by atoms with Crippen LogP contribution < -0.4 is 5.56 Å². The summed E-state index contributed by atoms with van der Waals surface area (Å²) >= 11 is 0. The molecule has 0 aromatic carbocycles. The summed E-state index contributed by atoms with van der Waals surface area (Å²) < 4.78 is 24.5. The molecule has 0 unspecified atom stereocenters. The molecule has 5 heteroatoms. The van der Waals surface area contributed by atoms with E-state index in [0.717, 1.165) is 0 Å². The summed E-state index contributed by atoms with van der Waals surface area (Å²) in [6, 6.07) is 2.78. The average Bonchev–Trinajstić information content (AvgIpc) is 2.01. The first-order valence-electron chi connectivity index (χ1n) is 3.48. The van der Waals surface area contributed by atoms with E-state index >= 15 is 0 Å². The molecule has 0 aliphatic heterocycles. The smallest absolute Gasteiger partial charge is 0.270 e. The second-order valence-electron chi connectivity index (χ2n) is 2.52. The van der Waals surface area contributed by atoms with Crippen molar-refractivity contribution in [3.8, 4) is 6.07 Å². The number of aromatic amines is 1. The Balaban J connectivity index is 3.51. The lowest BCUT2D eigenvalue weighted by Gasteiger charge is -2.01. The Bertz CT molecular complexity index is 417. The highest BCUT2D eigenvalue weighted by molar-refractivity contribution is 5.37. The van der Waals surface area contributed by atoms with Gasteiger partial charge in [-0.1, -0.05) is 0 Å². The van der Waals surface area contributed by atoms with Crippen molar-refractivity contribution in [2.75, 3.05) is 0 Å². The molecular formula is C8H6F2N2O. The molecular weight excluding hydrogens is 178 g/mol. The van der Waals surface area contributed by atoms with Gasteiger partial charge in [-0.15, -0.1) is 0 Å². The number of pyridine rings is 1. The Hall–Kier alpha value is -1.70. The van der Waals surface area contributed by atoms with Crippen molar-refractivity contribution in [1.29, 1.82) is 5.26 Å². The topological polar surface area (TPSA) is 56.6 Å². The van der Waals surface area contributed by atoms with Gasteiger partial charge in [0.1, 0.15) is 5.56 Å². The third-order valence-corrected chi connectivity index (χ3v) is 1.55. The number of nitrogens with zero attached hydrogens (tertiary/aromatic N) is 1. The largest absolute Gasteiger partial charge is 0.326 e. The van der Waals surface area contributed by atoms with Gasteiger partial charge in [0.05, 0.1) is 11.6 Å².